The van der Waals surface area contributed by atoms with Gasteiger partial charge in [0.25, 0.3) is 0 Å². The fraction of sp³-hybridized carbons (Fsp3) is 0.897. The van der Waals surface area contributed by atoms with E-state index in [9.17, 15) is 30.3 Å². The van der Waals surface area contributed by atoms with Gasteiger partial charge in [-0.25, -0.2) is 0 Å². The molecule has 0 aromatic carbocycles. The van der Waals surface area contributed by atoms with E-state index in [1.807, 2.05) is 33.8 Å². The van der Waals surface area contributed by atoms with Crippen molar-refractivity contribution in [3.05, 3.63) is 12.2 Å². The van der Waals surface area contributed by atoms with Crippen molar-refractivity contribution < 1.29 is 44.5 Å². The second-order valence-electron chi connectivity index (χ2n) is 13.0. The van der Waals surface area contributed by atoms with Gasteiger partial charge in [-0.1, -0.05) is 39.8 Å². The van der Waals surface area contributed by atoms with E-state index in [1.54, 1.807) is 13.0 Å². The van der Waals surface area contributed by atoms with Crippen LogP contribution in [0.4, 0.5) is 0 Å². The number of amides is 1. The molecule has 12 heteroatoms. The summed E-state index contributed by atoms with van der Waals surface area (Å²) in [5.74, 6) is -3.35. The van der Waals surface area contributed by atoms with Crippen molar-refractivity contribution in [1.82, 2.24) is 5.32 Å². The first kappa shape index (κ1) is 34.3. The van der Waals surface area contributed by atoms with Crippen LogP contribution in [-0.4, -0.2) is 104 Å². The van der Waals surface area contributed by atoms with Crippen LogP contribution >= 0.6 is 0 Å². The fourth-order valence-electron chi connectivity index (χ4n) is 5.89. The number of carbonyl (C=O) groups is 1. The average molecular weight is 588 g/mol. The van der Waals surface area contributed by atoms with Crippen LogP contribution in [0.5, 0.6) is 0 Å². The Kier molecular flexibility index (Phi) is 12.1. The third-order valence-electron chi connectivity index (χ3n) is 8.52. The zero-order valence-corrected chi connectivity index (χ0v) is 25.0. The smallest absolute Gasteiger partial charge is 0.228 e. The summed E-state index contributed by atoms with van der Waals surface area (Å²) in [4.78, 5) is 13.5. The van der Waals surface area contributed by atoms with Gasteiger partial charge in [-0.3, -0.25) is 4.79 Å². The lowest BCUT2D eigenvalue weighted by atomic mass is 9.81. The molecule has 3 fully saturated rings. The van der Waals surface area contributed by atoms with E-state index in [-0.39, 0.29) is 43.2 Å². The number of hydrogen-bond donors (Lipinski definition) is 8. The summed E-state index contributed by atoms with van der Waals surface area (Å²) >= 11 is 0. The molecular formula is C29H53N3O9. The molecule has 13 atom stereocenters. The molecule has 5 unspecified atom stereocenters. The first-order chi connectivity index (χ1) is 19.1. The molecule has 2 aliphatic heterocycles. The maximum atomic E-state index is 13.5. The van der Waals surface area contributed by atoms with Crippen molar-refractivity contribution in [3.8, 4) is 0 Å². The predicted octanol–water partition coefficient (Wildman–Crippen LogP) is -0.375. The van der Waals surface area contributed by atoms with E-state index in [0.29, 0.717) is 6.42 Å². The van der Waals surface area contributed by atoms with Gasteiger partial charge in [0.1, 0.15) is 6.10 Å². The quantitative estimate of drug-likeness (QED) is 0.146. The molecule has 12 nitrogen and oxygen atoms in total. The topological polar surface area (TPSA) is 210 Å². The highest BCUT2D eigenvalue weighted by atomic mass is 16.7. The molecule has 1 aliphatic carbocycles. The molecule has 3 aliphatic rings. The fourth-order valence-corrected chi connectivity index (χ4v) is 5.89. The molecular weight excluding hydrogens is 534 g/mol. The summed E-state index contributed by atoms with van der Waals surface area (Å²) in [6.07, 6.45) is -2.80. The van der Waals surface area contributed by atoms with Crippen LogP contribution in [0.1, 0.15) is 73.1 Å². The Balaban J connectivity index is 1.87. The van der Waals surface area contributed by atoms with Crippen molar-refractivity contribution >= 4 is 5.91 Å². The van der Waals surface area contributed by atoms with Crippen LogP contribution in [0.15, 0.2) is 12.2 Å². The number of aliphatic hydroxyl groups excluding tert-OH is 4. The van der Waals surface area contributed by atoms with Gasteiger partial charge in [0.2, 0.25) is 5.91 Å². The lowest BCUT2D eigenvalue weighted by molar-refractivity contribution is -0.307. The molecule has 0 radical (unpaired) electrons. The van der Waals surface area contributed by atoms with Gasteiger partial charge in [0, 0.05) is 31.3 Å². The maximum Gasteiger partial charge on any atom is 0.228 e. The minimum atomic E-state index is -1.88. The highest BCUT2D eigenvalue weighted by molar-refractivity contribution is 5.80. The van der Waals surface area contributed by atoms with Crippen LogP contribution in [-0.2, 0) is 19.0 Å². The highest BCUT2D eigenvalue weighted by Gasteiger charge is 2.51. The number of aliphatic hydroxyl groups is 5. The number of ether oxygens (including phenoxy) is 3. The Bertz CT molecular complexity index is 876. The molecule has 0 aromatic rings. The Labute approximate surface area is 243 Å². The van der Waals surface area contributed by atoms with Gasteiger partial charge < -0.3 is 56.5 Å². The summed E-state index contributed by atoms with van der Waals surface area (Å²) in [7, 11) is 0. The van der Waals surface area contributed by atoms with Crippen LogP contribution in [0.3, 0.4) is 0 Å². The summed E-state index contributed by atoms with van der Waals surface area (Å²) in [6.45, 7) is 9.20. The van der Waals surface area contributed by atoms with Crippen LogP contribution in [0.25, 0.3) is 0 Å². The summed E-state index contributed by atoms with van der Waals surface area (Å²) in [5, 5.41) is 57.0. The number of hydrogen-bond acceptors (Lipinski definition) is 11. The first-order valence-corrected chi connectivity index (χ1v) is 15.0. The minimum absolute atomic E-state index is 0.000563. The average Bonchev–Trinajstić information content (AvgIpc) is 3.27. The number of carbonyl (C=O) groups excluding carboxylic acids is 1. The summed E-state index contributed by atoms with van der Waals surface area (Å²) in [6, 6.07) is -1.12. The van der Waals surface area contributed by atoms with E-state index < -0.39 is 72.7 Å². The van der Waals surface area contributed by atoms with Gasteiger partial charge in [-0.15, -0.1) is 0 Å². The zero-order valence-electron chi connectivity index (χ0n) is 25.0. The molecule has 0 spiro atoms. The second kappa shape index (κ2) is 14.5. The Morgan fingerprint density at radius 3 is 2.39 bits per heavy atom. The molecule has 2 saturated heterocycles. The summed E-state index contributed by atoms with van der Waals surface area (Å²) in [5.41, 5.74) is 12.0. The zero-order chi connectivity index (χ0) is 30.6. The molecule has 2 heterocycles. The molecule has 1 amide bonds. The van der Waals surface area contributed by atoms with Gasteiger partial charge in [0.05, 0.1) is 48.6 Å². The lowest BCUT2D eigenvalue weighted by Crippen LogP contribution is -2.62. The van der Waals surface area contributed by atoms with Crippen molar-refractivity contribution in [3.63, 3.8) is 0 Å². The van der Waals surface area contributed by atoms with Crippen molar-refractivity contribution in [2.75, 3.05) is 0 Å². The van der Waals surface area contributed by atoms with Crippen LogP contribution < -0.4 is 16.8 Å². The largest absolute Gasteiger partial charge is 0.393 e. The molecule has 0 aromatic heterocycles. The van der Waals surface area contributed by atoms with Crippen molar-refractivity contribution in [2.45, 2.75) is 146 Å². The lowest BCUT2D eigenvalue weighted by Gasteiger charge is -2.46. The standard InChI is InChI=1S/C29H53N3O9/c1-14(2)6-9-19(40-28-26(36)24(31)25(35)16(5)39-28)11-22-23(27(37)32-18-8-7-17(30)10-18)21(34)13-29(38,41-22)12-20(33)15(3)4/h6,9,14-26,28,33-36,38H,7-8,10-13,30-31H2,1-5H3,(H,32,37)/b9-6+/t16?,17-,18-,19+,20-,21+,22+,23-,24?,25?,26?,28?,29-/m1/s1. The van der Waals surface area contributed by atoms with Gasteiger partial charge in [-0.2, -0.15) is 0 Å². The first-order valence-electron chi connectivity index (χ1n) is 15.0. The van der Waals surface area contributed by atoms with Crippen molar-refractivity contribution in [2.24, 2.45) is 29.2 Å². The van der Waals surface area contributed by atoms with Gasteiger partial charge in [0.15, 0.2) is 12.1 Å². The second-order valence-corrected chi connectivity index (χ2v) is 13.0. The molecule has 3 rings (SSSR count). The predicted molar refractivity (Wildman–Crippen MR) is 151 cm³/mol. The molecule has 1 saturated carbocycles. The third-order valence-corrected chi connectivity index (χ3v) is 8.52. The molecule has 41 heavy (non-hydrogen) atoms. The number of nitrogens with one attached hydrogen (secondary N) is 1. The highest BCUT2D eigenvalue weighted by Crippen LogP contribution is 2.38. The monoisotopic (exact) mass is 587 g/mol. The van der Waals surface area contributed by atoms with Crippen LogP contribution in [0, 0.1) is 17.8 Å². The van der Waals surface area contributed by atoms with E-state index >= 15 is 0 Å². The Hall–Kier alpha value is -1.19. The van der Waals surface area contributed by atoms with E-state index in [4.69, 9.17) is 25.7 Å². The Morgan fingerprint density at radius 1 is 1.12 bits per heavy atom. The number of rotatable bonds is 11. The van der Waals surface area contributed by atoms with E-state index in [2.05, 4.69) is 5.32 Å². The number of allylic oxidation sites excluding steroid dienone is 1. The molecule has 0 bridgehead atoms. The van der Waals surface area contributed by atoms with Gasteiger partial charge in [-0.05, 0) is 38.0 Å². The maximum absolute atomic E-state index is 13.5. The van der Waals surface area contributed by atoms with E-state index in [0.717, 1.165) is 12.8 Å². The minimum Gasteiger partial charge on any atom is -0.393 e. The van der Waals surface area contributed by atoms with Crippen LogP contribution in [0.2, 0.25) is 0 Å². The number of nitrogens with two attached hydrogens (primary N) is 2. The molecule has 238 valence electrons. The normalized spacial score (nSPS) is 41.7. The van der Waals surface area contributed by atoms with E-state index in [1.165, 1.54) is 0 Å². The van der Waals surface area contributed by atoms with Crippen molar-refractivity contribution in [1.29, 1.82) is 0 Å². The SMILES string of the molecule is CC(C)/C=C/[C@@H](C[C@@H]1O[C@](O)(C[C@@H](O)C(C)C)C[C@H](O)[C@H]1C(=O)N[C@@H]1CC[C@@H](N)C1)OC1OC(C)C(O)C(N)C1O. The Morgan fingerprint density at radius 2 is 1.80 bits per heavy atom. The summed E-state index contributed by atoms with van der Waals surface area (Å²) < 4.78 is 18.0. The third kappa shape index (κ3) is 9.15. The molecule has 10 N–H and O–H groups in total. The van der Waals surface area contributed by atoms with Gasteiger partial charge >= 0.3 is 0 Å².